The van der Waals surface area contributed by atoms with Crippen LogP contribution < -0.4 is 5.73 Å². The maximum Gasteiger partial charge on any atom is 0.127 e. The van der Waals surface area contributed by atoms with Crippen LogP contribution in [0, 0.1) is 5.92 Å². The van der Waals surface area contributed by atoms with Crippen molar-refractivity contribution >= 4 is 15.9 Å². The van der Waals surface area contributed by atoms with E-state index in [0.717, 1.165) is 30.0 Å². The largest absolute Gasteiger partial charge is 0.331 e. The molecule has 0 amide bonds. The molecule has 4 heteroatoms. The zero-order valence-corrected chi connectivity index (χ0v) is 10.3. The number of halogens is 1. The van der Waals surface area contributed by atoms with Gasteiger partial charge in [-0.2, -0.15) is 0 Å². The smallest absolute Gasteiger partial charge is 0.127 e. The van der Waals surface area contributed by atoms with E-state index in [0.29, 0.717) is 5.92 Å². The number of nitrogens with two attached hydrogens (primary N) is 1. The maximum absolute atomic E-state index is 5.74. The fourth-order valence-corrected chi connectivity index (χ4v) is 3.02. The van der Waals surface area contributed by atoms with Gasteiger partial charge in [0, 0.05) is 12.5 Å². The van der Waals surface area contributed by atoms with Crippen molar-refractivity contribution in [3.63, 3.8) is 0 Å². The molecule has 0 bridgehead atoms. The van der Waals surface area contributed by atoms with Gasteiger partial charge in [0.25, 0.3) is 0 Å². The SMILES string of the molecule is NCC1CCn2c(C3CC3)nc(Br)c2C1. The average Bonchev–Trinajstić information content (AvgIpc) is 3.05. The Morgan fingerprint density at radius 3 is 2.87 bits per heavy atom. The third kappa shape index (κ3) is 1.64. The van der Waals surface area contributed by atoms with E-state index < -0.39 is 0 Å². The van der Waals surface area contributed by atoms with Crippen molar-refractivity contribution in [1.82, 2.24) is 9.55 Å². The van der Waals surface area contributed by atoms with Gasteiger partial charge < -0.3 is 10.3 Å². The van der Waals surface area contributed by atoms with Gasteiger partial charge in [-0.15, -0.1) is 0 Å². The van der Waals surface area contributed by atoms with Crippen LogP contribution in [0.25, 0.3) is 0 Å². The summed E-state index contributed by atoms with van der Waals surface area (Å²) in [6.45, 7) is 1.91. The molecule has 82 valence electrons. The Kier molecular flexibility index (Phi) is 2.36. The summed E-state index contributed by atoms with van der Waals surface area (Å²) in [5.74, 6) is 2.70. The number of rotatable bonds is 2. The van der Waals surface area contributed by atoms with Crippen molar-refractivity contribution in [2.24, 2.45) is 11.7 Å². The highest BCUT2D eigenvalue weighted by atomic mass is 79.9. The predicted octanol–water partition coefficient (Wildman–Crippen LogP) is 2.04. The van der Waals surface area contributed by atoms with Crippen LogP contribution in [0.2, 0.25) is 0 Å². The first kappa shape index (κ1) is 9.85. The Morgan fingerprint density at radius 2 is 2.20 bits per heavy atom. The number of nitrogens with zero attached hydrogens (tertiary/aromatic N) is 2. The van der Waals surface area contributed by atoms with Gasteiger partial charge in [0.05, 0.1) is 5.69 Å². The summed E-state index contributed by atoms with van der Waals surface area (Å²) in [5, 5.41) is 0. The average molecular weight is 270 g/mol. The van der Waals surface area contributed by atoms with Crippen molar-refractivity contribution in [3.8, 4) is 0 Å². The van der Waals surface area contributed by atoms with Crippen molar-refractivity contribution in [1.29, 1.82) is 0 Å². The quantitative estimate of drug-likeness (QED) is 0.893. The van der Waals surface area contributed by atoms with Crippen LogP contribution in [-0.4, -0.2) is 16.1 Å². The minimum absolute atomic E-state index is 0.651. The molecule has 1 atom stereocenters. The molecule has 1 aliphatic heterocycles. The van der Waals surface area contributed by atoms with E-state index in [1.807, 2.05) is 0 Å². The molecule has 1 aromatic rings. The normalized spacial score (nSPS) is 25.3. The van der Waals surface area contributed by atoms with E-state index in [1.165, 1.54) is 30.8 Å². The van der Waals surface area contributed by atoms with E-state index >= 15 is 0 Å². The Hall–Kier alpha value is -0.350. The third-order valence-corrected chi connectivity index (χ3v) is 4.21. The van der Waals surface area contributed by atoms with E-state index in [4.69, 9.17) is 5.73 Å². The van der Waals surface area contributed by atoms with Crippen molar-refractivity contribution in [2.45, 2.75) is 38.1 Å². The summed E-state index contributed by atoms with van der Waals surface area (Å²) in [5.41, 5.74) is 7.12. The fourth-order valence-electron chi connectivity index (χ4n) is 2.46. The third-order valence-electron chi connectivity index (χ3n) is 3.57. The summed E-state index contributed by atoms with van der Waals surface area (Å²) in [6, 6.07) is 0. The molecule has 1 unspecified atom stereocenters. The van der Waals surface area contributed by atoms with Crippen molar-refractivity contribution in [3.05, 3.63) is 16.1 Å². The minimum atomic E-state index is 0.651. The molecule has 0 spiro atoms. The number of imidazole rings is 1. The zero-order chi connectivity index (χ0) is 10.4. The Bertz CT molecular complexity index is 381. The lowest BCUT2D eigenvalue weighted by Gasteiger charge is -2.23. The Labute approximate surface area is 98.2 Å². The van der Waals surface area contributed by atoms with Gasteiger partial charge in [-0.25, -0.2) is 4.98 Å². The van der Waals surface area contributed by atoms with Gasteiger partial charge in [-0.1, -0.05) is 0 Å². The Morgan fingerprint density at radius 1 is 1.40 bits per heavy atom. The fraction of sp³-hybridized carbons (Fsp3) is 0.727. The molecule has 1 aromatic heterocycles. The predicted molar refractivity (Wildman–Crippen MR) is 62.8 cm³/mol. The summed E-state index contributed by atoms with van der Waals surface area (Å²) in [6.07, 6.45) is 4.95. The number of fused-ring (bicyclic) bond motifs is 1. The maximum atomic E-state index is 5.74. The van der Waals surface area contributed by atoms with Crippen molar-refractivity contribution in [2.75, 3.05) is 6.54 Å². The molecule has 2 N–H and O–H groups in total. The lowest BCUT2D eigenvalue weighted by Crippen LogP contribution is -2.26. The van der Waals surface area contributed by atoms with Gasteiger partial charge in [0.15, 0.2) is 0 Å². The van der Waals surface area contributed by atoms with Crippen LogP contribution >= 0.6 is 15.9 Å². The van der Waals surface area contributed by atoms with Gasteiger partial charge in [0.2, 0.25) is 0 Å². The van der Waals surface area contributed by atoms with Crippen LogP contribution in [0.3, 0.4) is 0 Å². The highest BCUT2D eigenvalue weighted by molar-refractivity contribution is 9.10. The van der Waals surface area contributed by atoms with E-state index in [2.05, 4.69) is 25.5 Å². The first-order valence-electron chi connectivity index (χ1n) is 5.74. The molecule has 3 nitrogen and oxygen atoms in total. The van der Waals surface area contributed by atoms with Crippen LogP contribution in [0.1, 0.15) is 36.7 Å². The number of hydrogen-bond donors (Lipinski definition) is 1. The zero-order valence-electron chi connectivity index (χ0n) is 8.75. The molecule has 1 saturated carbocycles. The number of hydrogen-bond acceptors (Lipinski definition) is 2. The molecule has 0 aromatic carbocycles. The Balaban J connectivity index is 1.96. The molecule has 1 fully saturated rings. The highest BCUT2D eigenvalue weighted by Gasteiger charge is 2.32. The first-order valence-corrected chi connectivity index (χ1v) is 6.53. The molecular formula is C11H16BrN3. The van der Waals surface area contributed by atoms with Crippen LogP contribution in [0.5, 0.6) is 0 Å². The van der Waals surface area contributed by atoms with Crippen LogP contribution in [0.15, 0.2) is 4.60 Å². The standard InChI is InChI=1S/C11H16BrN3/c12-10-9-5-7(6-13)3-4-15(9)11(14-10)8-1-2-8/h7-8H,1-6,13H2. The molecule has 1 aliphatic carbocycles. The lowest BCUT2D eigenvalue weighted by atomic mass is 9.96. The molecule has 2 heterocycles. The molecule has 15 heavy (non-hydrogen) atoms. The van der Waals surface area contributed by atoms with Gasteiger partial charge >= 0.3 is 0 Å². The molecular weight excluding hydrogens is 254 g/mol. The van der Waals surface area contributed by atoms with Gasteiger partial charge in [-0.3, -0.25) is 0 Å². The summed E-state index contributed by atoms with van der Waals surface area (Å²) < 4.78 is 3.48. The van der Waals surface area contributed by atoms with E-state index in [9.17, 15) is 0 Å². The van der Waals surface area contributed by atoms with Gasteiger partial charge in [0.1, 0.15) is 10.4 Å². The van der Waals surface area contributed by atoms with Crippen molar-refractivity contribution < 1.29 is 0 Å². The molecule has 0 saturated heterocycles. The van der Waals surface area contributed by atoms with Gasteiger partial charge in [-0.05, 0) is 54.1 Å². The van der Waals surface area contributed by atoms with Crippen LogP contribution in [-0.2, 0) is 13.0 Å². The minimum Gasteiger partial charge on any atom is -0.331 e. The number of aromatic nitrogens is 2. The summed E-state index contributed by atoms with van der Waals surface area (Å²) in [4.78, 5) is 4.66. The van der Waals surface area contributed by atoms with Crippen LogP contribution in [0.4, 0.5) is 0 Å². The lowest BCUT2D eigenvalue weighted by molar-refractivity contribution is 0.389. The second kappa shape index (κ2) is 3.59. The molecule has 3 rings (SSSR count). The second-order valence-electron chi connectivity index (χ2n) is 4.73. The van der Waals surface area contributed by atoms with E-state index in [-0.39, 0.29) is 0 Å². The topological polar surface area (TPSA) is 43.8 Å². The van der Waals surface area contributed by atoms with E-state index in [1.54, 1.807) is 0 Å². The highest BCUT2D eigenvalue weighted by Crippen LogP contribution is 2.42. The summed E-state index contributed by atoms with van der Waals surface area (Å²) >= 11 is 3.58. The summed E-state index contributed by atoms with van der Waals surface area (Å²) in [7, 11) is 0. The molecule has 2 aliphatic rings. The first-order chi connectivity index (χ1) is 7.29. The molecule has 0 radical (unpaired) electrons. The monoisotopic (exact) mass is 269 g/mol. The second-order valence-corrected chi connectivity index (χ2v) is 5.48.